The molecule has 2 rings (SSSR count). The van der Waals surface area contributed by atoms with Crippen molar-refractivity contribution in [2.45, 2.75) is 13.0 Å². The van der Waals surface area contributed by atoms with E-state index in [2.05, 4.69) is 10.3 Å². The van der Waals surface area contributed by atoms with E-state index >= 15 is 0 Å². The molecule has 0 amide bonds. The van der Waals surface area contributed by atoms with Gasteiger partial charge in [-0.05, 0) is 24.3 Å². The third-order valence-corrected chi connectivity index (χ3v) is 2.78. The summed E-state index contributed by atoms with van der Waals surface area (Å²) in [6, 6.07) is 7.14. The minimum absolute atomic E-state index is 0.181. The number of nitrogens with zero attached hydrogens (tertiary/aromatic N) is 1. The van der Waals surface area contributed by atoms with E-state index in [4.69, 9.17) is 4.74 Å². The van der Waals surface area contributed by atoms with Crippen LogP contribution in [0, 0.1) is 5.82 Å². The molecular weight excluding hydrogens is 269 g/mol. The molecule has 0 bridgehead atoms. The molecule has 2 aromatic rings. The number of nitrogens with one attached hydrogen (secondary N) is 1. The van der Waals surface area contributed by atoms with E-state index in [1.807, 2.05) is 0 Å². The normalized spacial score (nSPS) is 10.7. The lowest BCUT2D eigenvalue weighted by molar-refractivity contribution is 0.142. The van der Waals surface area contributed by atoms with Crippen molar-refractivity contribution in [2.24, 2.45) is 0 Å². The highest BCUT2D eigenvalue weighted by Gasteiger charge is 2.16. The number of hydrogen-bond acceptors (Lipinski definition) is 3. The van der Waals surface area contributed by atoms with Crippen LogP contribution < -0.4 is 10.1 Å². The van der Waals surface area contributed by atoms with Gasteiger partial charge in [0.2, 0.25) is 5.88 Å². The Bertz CT molecular complexity index is 590. The SMILES string of the molecule is CNc1cccc(F)c1COc1ncccc1C(F)F. The Balaban J connectivity index is 2.21. The summed E-state index contributed by atoms with van der Waals surface area (Å²) >= 11 is 0. The number of hydrogen-bond donors (Lipinski definition) is 1. The maximum atomic E-state index is 13.7. The van der Waals surface area contributed by atoms with Gasteiger partial charge in [-0.2, -0.15) is 0 Å². The highest BCUT2D eigenvalue weighted by atomic mass is 19.3. The fraction of sp³-hybridized carbons (Fsp3) is 0.214. The first-order valence-corrected chi connectivity index (χ1v) is 5.94. The van der Waals surface area contributed by atoms with Crippen LogP contribution in [0.1, 0.15) is 17.6 Å². The molecular formula is C14H13F3N2O. The van der Waals surface area contributed by atoms with E-state index < -0.39 is 12.2 Å². The lowest BCUT2D eigenvalue weighted by Crippen LogP contribution is -2.05. The number of aromatic nitrogens is 1. The zero-order valence-corrected chi connectivity index (χ0v) is 10.7. The second-order valence-corrected chi connectivity index (χ2v) is 4.00. The lowest BCUT2D eigenvalue weighted by atomic mass is 10.2. The molecule has 1 aromatic carbocycles. The Labute approximate surface area is 114 Å². The van der Waals surface area contributed by atoms with Gasteiger partial charge in [-0.15, -0.1) is 0 Å². The Morgan fingerprint density at radius 1 is 1.25 bits per heavy atom. The first kappa shape index (κ1) is 14.2. The summed E-state index contributed by atoms with van der Waals surface area (Å²) in [5, 5.41) is 2.82. The standard InChI is InChI=1S/C14H13F3N2O/c1-18-12-6-2-5-11(15)10(12)8-20-14-9(13(16)17)4-3-7-19-14/h2-7,13,18H,8H2,1H3. The van der Waals surface area contributed by atoms with E-state index in [1.54, 1.807) is 19.2 Å². The Morgan fingerprint density at radius 3 is 2.75 bits per heavy atom. The van der Waals surface area contributed by atoms with E-state index in [-0.39, 0.29) is 23.6 Å². The molecule has 0 saturated carbocycles. The fourth-order valence-electron chi connectivity index (χ4n) is 1.77. The Hall–Kier alpha value is -2.24. The fourth-order valence-corrected chi connectivity index (χ4v) is 1.77. The van der Waals surface area contributed by atoms with Crippen LogP contribution >= 0.6 is 0 Å². The molecule has 0 radical (unpaired) electrons. The summed E-state index contributed by atoms with van der Waals surface area (Å²) in [7, 11) is 1.64. The average molecular weight is 282 g/mol. The molecule has 20 heavy (non-hydrogen) atoms. The lowest BCUT2D eigenvalue weighted by Gasteiger charge is -2.13. The molecule has 1 N–H and O–H groups in total. The van der Waals surface area contributed by atoms with Crippen LogP contribution in [0.15, 0.2) is 36.5 Å². The Morgan fingerprint density at radius 2 is 2.05 bits per heavy atom. The molecule has 0 atom stereocenters. The monoisotopic (exact) mass is 282 g/mol. The van der Waals surface area contributed by atoms with Crippen molar-refractivity contribution in [1.82, 2.24) is 4.98 Å². The molecule has 0 spiro atoms. The average Bonchev–Trinajstić information content (AvgIpc) is 2.46. The van der Waals surface area contributed by atoms with Crippen molar-refractivity contribution in [3.05, 3.63) is 53.5 Å². The van der Waals surface area contributed by atoms with Crippen molar-refractivity contribution in [3.63, 3.8) is 0 Å². The van der Waals surface area contributed by atoms with Gasteiger partial charge in [-0.25, -0.2) is 18.2 Å². The van der Waals surface area contributed by atoms with Crippen molar-refractivity contribution >= 4 is 5.69 Å². The van der Waals surface area contributed by atoms with Crippen LogP contribution in [0.3, 0.4) is 0 Å². The predicted octanol–water partition coefficient (Wildman–Crippen LogP) is 3.78. The van der Waals surface area contributed by atoms with Gasteiger partial charge >= 0.3 is 0 Å². The molecule has 1 aromatic heterocycles. The van der Waals surface area contributed by atoms with Gasteiger partial charge in [0.15, 0.2) is 0 Å². The second kappa shape index (κ2) is 6.27. The summed E-state index contributed by atoms with van der Waals surface area (Å²) in [6.07, 6.45) is -1.34. The first-order chi connectivity index (χ1) is 9.63. The summed E-state index contributed by atoms with van der Waals surface area (Å²) in [6.45, 7) is -0.181. The first-order valence-electron chi connectivity index (χ1n) is 5.94. The van der Waals surface area contributed by atoms with Gasteiger partial charge in [0.25, 0.3) is 6.43 Å². The summed E-state index contributed by atoms with van der Waals surface area (Å²) in [5.41, 5.74) is 0.496. The van der Waals surface area contributed by atoms with Crippen LogP contribution in [0.4, 0.5) is 18.9 Å². The third-order valence-electron chi connectivity index (χ3n) is 2.78. The zero-order valence-electron chi connectivity index (χ0n) is 10.7. The van der Waals surface area contributed by atoms with Crippen LogP contribution in [-0.4, -0.2) is 12.0 Å². The van der Waals surface area contributed by atoms with Crippen LogP contribution in [-0.2, 0) is 6.61 Å². The van der Waals surface area contributed by atoms with Gasteiger partial charge in [-0.1, -0.05) is 6.07 Å². The van der Waals surface area contributed by atoms with Crippen molar-refractivity contribution in [1.29, 1.82) is 0 Å². The molecule has 0 fully saturated rings. The highest BCUT2D eigenvalue weighted by Crippen LogP contribution is 2.28. The van der Waals surface area contributed by atoms with Crippen molar-refractivity contribution < 1.29 is 17.9 Å². The van der Waals surface area contributed by atoms with Gasteiger partial charge in [-0.3, -0.25) is 0 Å². The molecule has 0 aliphatic rings. The highest BCUT2D eigenvalue weighted by molar-refractivity contribution is 5.51. The quantitative estimate of drug-likeness (QED) is 0.906. The summed E-state index contributed by atoms with van der Waals surface area (Å²) < 4.78 is 44.5. The number of pyridine rings is 1. The van der Waals surface area contributed by atoms with Crippen LogP contribution in [0.5, 0.6) is 5.88 Å². The zero-order chi connectivity index (χ0) is 14.5. The predicted molar refractivity (Wildman–Crippen MR) is 69.5 cm³/mol. The third kappa shape index (κ3) is 3.01. The maximum Gasteiger partial charge on any atom is 0.269 e. The number of rotatable bonds is 5. The van der Waals surface area contributed by atoms with E-state index in [1.165, 1.54) is 24.4 Å². The molecule has 0 aliphatic heterocycles. The second-order valence-electron chi connectivity index (χ2n) is 4.00. The largest absolute Gasteiger partial charge is 0.472 e. The molecule has 0 unspecified atom stereocenters. The number of anilines is 1. The molecule has 6 heteroatoms. The topological polar surface area (TPSA) is 34.1 Å². The van der Waals surface area contributed by atoms with E-state index in [0.717, 1.165) is 0 Å². The van der Waals surface area contributed by atoms with Crippen LogP contribution in [0.2, 0.25) is 0 Å². The molecule has 0 saturated heterocycles. The number of halogens is 3. The maximum absolute atomic E-state index is 13.7. The van der Waals surface area contributed by atoms with Crippen molar-refractivity contribution in [2.75, 3.05) is 12.4 Å². The number of ether oxygens (including phenoxy) is 1. The van der Waals surface area contributed by atoms with E-state index in [9.17, 15) is 13.2 Å². The molecule has 3 nitrogen and oxygen atoms in total. The minimum Gasteiger partial charge on any atom is -0.472 e. The van der Waals surface area contributed by atoms with E-state index in [0.29, 0.717) is 5.69 Å². The van der Waals surface area contributed by atoms with Crippen molar-refractivity contribution in [3.8, 4) is 5.88 Å². The molecule has 106 valence electrons. The minimum atomic E-state index is -2.69. The Kier molecular flexibility index (Phi) is 4.45. The molecule has 1 heterocycles. The van der Waals surface area contributed by atoms with Gasteiger partial charge in [0, 0.05) is 24.5 Å². The molecule has 0 aliphatic carbocycles. The summed E-state index contributed by atoms with van der Waals surface area (Å²) in [5.74, 6) is -0.654. The van der Waals surface area contributed by atoms with Gasteiger partial charge in [0.1, 0.15) is 12.4 Å². The number of alkyl halides is 2. The van der Waals surface area contributed by atoms with Gasteiger partial charge in [0.05, 0.1) is 5.56 Å². The number of benzene rings is 1. The smallest absolute Gasteiger partial charge is 0.269 e. The van der Waals surface area contributed by atoms with Crippen LogP contribution in [0.25, 0.3) is 0 Å². The van der Waals surface area contributed by atoms with Gasteiger partial charge < -0.3 is 10.1 Å². The summed E-state index contributed by atoms with van der Waals surface area (Å²) in [4.78, 5) is 3.76.